The van der Waals surface area contributed by atoms with Crippen LogP contribution in [0.25, 0.3) is 21.7 Å². The molecule has 0 radical (unpaired) electrons. The summed E-state index contributed by atoms with van der Waals surface area (Å²) in [6.45, 7) is 2.79. The Morgan fingerprint density at radius 3 is 2.09 bits per heavy atom. The fourth-order valence-electron chi connectivity index (χ4n) is 6.78. The van der Waals surface area contributed by atoms with Crippen LogP contribution in [0.1, 0.15) is 65.2 Å². The monoisotopic (exact) mass is 630 g/mol. The molecule has 3 N–H and O–H groups in total. The zero-order valence-electron chi connectivity index (χ0n) is 26.1. The van der Waals surface area contributed by atoms with Crippen LogP contribution in [0.3, 0.4) is 0 Å². The first-order valence-electron chi connectivity index (χ1n) is 16.1. The first kappa shape index (κ1) is 34.3. The molecule has 2 saturated carbocycles. The molecule has 1 heterocycles. The maximum atomic E-state index is 7.83. The summed E-state index contributed by atoms with van der Waals surface area (Å²) in [5.74, 6) is 4.61. The lowest BCUT2D eigenvalue weighted by molar-refractivity contribution is 0.157. The summed E-state index contributed by atoms with van der Waals surface area (Å²) in [5.41, 5.74) is 5.49. The van der Waals surface area contributed by atoms with Gasteiger partial charge in [0.05, 0.1) is 5.52 Å². The maximum Gasteiger partial charge on any atom is 0.225 e. The number of hydrogen-bond acceptors (Lipinski definition) is 9. The summed E-state index contributed by atoms with van der Waals surface area (Å²) < 4.78 is 7.83. The molecule has 242 valence electrons. The Labute approximate surface area is 274 Å². The molecule has 6 rings (SSSR count). The minimum Gasteiger partial charge on any atom is -0.408 e. The number of hydrogen-bond donors (Lipinski definition) is 3. The van der Waals surface area contributed by atoms with Crippen molar-refractivity contribution in [3.05, 3.63) is 60.7 Å². The molecular weight excluding hydrogens is 581 g/mol. The van der Waals surface area contributed by atoms with Crippen molar-refractivity contribution in [2.75, 3.05) is 49.3 Å². The Kier molecular flexibility index (Phi) is 13.1. The lowest BCUT2D eigenvalue weighted by atomic mass is 9.82. The number of aromatic nitrogens is 2. The van der Waals surface area contributed by atoms with Gasteiger partial charge in [-0.2, -0.15) is 14.7 Å². The van der Waals surface area contributed by atoms with Gasteiger partial charge in [0.25, 0.3) is 0 Å². The van der Waals surface area contributed by atoms with E-state index in [1.807, 2.05) is 6.07 Å². The van der Waals surface area contributed by atoms with E-state index in [9.17, 15) is 0 Å². The molecule has 2 fully saturated rings. The number of hydroxylamine groups is 1. The molecule has 1 aromatic heterocycles. The van der Waals surface area contributed by atoms with Crippen LogP contribution in [-0.4, -0.2) is 47.9 Å². The summed E-state index contributed by atoms with van der Waals surface area (Å²) in [6.07, 6.45) is 11.6. The van der Waals surface area contributed by atoms with Gasteiger partial charge in [-0.3, -0.25) is 0 Å². The SMILES string of the molecule is C.CN(C)c1cccc2c(ONCC3CCC(CNc4nc(NCC5CCCCC5)c5ccccc5n4)CC3)cccc12.O=S. The van der Waals surface area contributed by atoms with E-state index in [2.05, 4.69) is 102 Å². The highest BCUT2D eigenvalue weighted by molar-refractivity contribution is 7.44. The molecule has 45 heavy (non-hydrogen) atoms. The average molecular weight is 631 g/mol. The van der Waals surface area contributed by atoms with Crippen LogP contribution >= 0.6 is 0 Å². The minimum atomic E-state index is 0. The van der Waals surface area contributed by atoms with Crippen molar-refractivity contribution in [2.45, 2.75) is 65.2 Å². The highest BCUT2D eigenvalue weighted by atomic mass is 32.1. The smallest absolute Gasteiger partial charge is 0.225 e. The van der Waals surface area contributed by atoms with Crippen molar-refractivity contribution < 1.29 is 9.05 Å². The highest BCUT2D eigenvalue weighted by Crippen LogP contribution is 2.33. The van der Waals surface area contributed by atoms with Crippen molar-refractivity contribution >= 4 is 51.7 Å². The molecule has 0 amide bonds. The molecule has 3 aromatic carbocycles. The zero-order chi connectivity index (χ0) is 30.7. The van der Waals surface area contributed by atoms with Crippen molar-refractivity contribution in [2.24, 2.45) is 17.8 Å². The van der Waals surface area contributed by atoms with Gasteiger partial charge >= 0.3 is 0 Å². The first-order valence-corrected chi connectivity index (χ1v) is 16.5. The van der Waals surface area contributed by atoms with Crippen molar-refractivity contribution in [3.8, 4) is 5.75 Å². The Morgan fingerprint density at radius 1 is 0.711 bits per heavy atom. The van der Waals surface area contributed by atoms with Crippen LogP contribution in [0, 0.1) is 17.8 Å². The Morgan fingerprint density at radius 2 is 1.33 bits per heavy atom. The number of nitrogens with zero attached hydrogens (tertiary/aromatic N) is 3. The highest BCUT2D eigenvalue weighted by Gasteiger charge is 2.22. The van der Waals surface area contributed by atoms with Gasteiger partial charge in [0.1, 0.15) is 5.82 Å². The van der Waals surface area contributed by atoms with Gasteiger partial charge in [0.15, 0.2) is 18.3 Å². The molecular formula is C36H50N6O2S. The van der Waals surface area contributed by atoms with E-state index in [-0.39, 0.29) is 7.43 Å². The molecule has 0 aliphatic heterocycles. The summed E-state index contributed by atoms with van der Waals surface area (Å²) in [7, 11) is 4.16. The van der Waals surface area contributed by atoms with Gasteiger partial charge in [0, 0.05) is 55.6 Å². The number of rotatable bonds is 11. The maximum absolute atomic E-state index is 7.83. The fraction of sp³-hybridized carbons (Fsp3) is 0.500. The van der Waals surface area contributed by atoms with Gasteiger partial charge in [-0.25, -0.2) is 4.98 Å². The van der Waals surface area contributed by atoms with Crippen LogP contribution in [0.2, 0.25) is 0 Å². The predicted molar refractivity (Wildman–Crippen MR) is 190 cm³/mol. The van der Waals surface area contributed by atoms with Gasteiger partial charge in [0.2, 0.25) is 5.95 Å². The third kappa shape index (κ3) is 9.01. The van der Waals surface area contributed by atoms with E-state index < -0.39 is 0 Å². The van der Waals surface area contributed by atoms with Crippen molar-refractivity contribution in [3.63, 3.8) is 0 Å². The van der Waals surface area contributed by atoms with Gasteiger partial charge in [-0.15, -0.1) is 0 Å². The van der Waals surface area contributed by atoms with E-state index in [0.717, 1.165) is 59.4 Å². The molecule has 9 heteroatoms. The standard InChI is InChI=1S/C35H46N6O.CH4.OS/c1-41(2)32-16-8-14-29-28(32)13-9-17-33(29)42-38-24-27-20-18-26(19-21-27)23-37-35-39-31-15-7-6-12-30(31)34(40-35)36-22-25-10-4-3-5-11-25;;1-2/h6-9,12-17,25-27,38H,3-5,10-11,18-24H2,1-2H3,(H2,36,37,39,40);1H4;. The van der Waals surface area contributed by atoms with Crippen LogP contribution in [-0.2, 0) is 12.5 Å². The topological polar surface area (TPSA) is 91.4 Å². The second-order valence-electron chi connectivity index (χ2n) is 12.5. The van der Waals surface area contributed by atoms with Crippen LogP contribution < -0.4 is 25.9 Å². The molecule has 0 atom stereocenters. The predicted octanol–water partition coefficient (Wildman–Crippen LogP) is 7.94. The third-order valence-electron chi connectivity index (χ3n) is 9.30. The summed E-state index contributed by atoms with van der Waals surface area (Å²) in [5, 5.41) is 10.7. The van der Waals surface area contributed by atoms with Crippen LogP contribution in [0.15, 0.2) is 60.7 Å². The molecule has 0 saturated heterocycles. The number of anilines is 3. The molecule has 0 bridgehead atoms. The summed E-state index contributed by atoms with van der Waals surface area (Å²) >= 11 is 2.83. The van der Waals surface area contributed by atoms with E-state index in [1.165, 1.54) is 68.9 Å². The van der Waals surface area contributed by atoms with E-state index in [0.29, 0.717) is 11.8 Å². The quantitative estimate of drug-likeness (QED) is 0.143. The van der Waals surface area contributed by atoms with E-state index in [4.69, 9.17) is 19.0 Å². The second-order valence-corrected chi connectivity index (χ2v) is 12.5. The molecule has 2 aliphatic carbocycles. The minimum absolute atomic E-state index is 0. The second kappa shape index (κ2) is 17.2. The number of benzene rings is 3. The van der Waals surface area contributed by atoms with Gasteiger partial charge < -0.3 is 20.4 Å². The Balaban J connectivity index is 0.00000151. The molecule has 8 nitrogen and oxygen atoms in total. The molecule has 0 unspecified atom stereocenters. The largest absolute Gasteiger partial charge is 0.408 e. The normalized spacial score (nSPS) is 18.4. The molecule has 2 aliphatic rings. The third-order valence-corrected chi connectivity index (χ3v) is 9.30. The fourth-order valence-corrected chi connectivity index (χ4v) is 6.78. The lowest BCUT2D eigenvalue weighted by Gasteiger charge is -2.28. The molecule has 4 aromatic rings. The molecule has 0 spiro atoms. The lowest BCUT2D eigenvalue weighted by Crippen LogP contribution is -2.30. The van der Waals surface area contributed by atoms with Crippen molar-refractivity contribution in [1.29, 1.82) is 0 Å². The summed E-state index contributed by atoms with van der Waals surface area (Å²) in [6, 6.07) is 21.0. The van der Waals surface area contributed by atoms with Gasteiger partial charge in [-0.1, -0.05) is 63.1 Å². The Hall–Kier alpha value is -3.56. The number of fused-ring (bicyclic) bond motifs is 2. The van der Waals surface area contributed by atoms with Crippen LogP contribution in [0.4, 0.5) is 17.5 Å². The average Bonchev–Trinajstić information content (AvgIpc) is 3.08. The van der Waals surface area contributed by atoms with E-state index in [1.54, 1.807) is 0 Å². The van der Waals surface area contributed by atoms with Crippen molar-refractivity contribution in [1.82, 2.24) is 15.4 Å². The first-order chi connectivity index (χ1) is 21.6. The number of nitrogens with one attached hydrogen (secondary N) is 3. The van der Waals surface area contributed by atoms with E-state index >= 15 is 0 Å². The van der Waals surface area contributed by atoms with Crippen LogP contribution in [0.5, 0.6) is 5.75 Å². The number of para-hydroxylation sites is 1. The summed E-state index contributed by atoms with van der Waals surface area (Å²) in [4.78, 5) is 18.0. The van der Waals surface area contributed by atoms with Gasteiger partial charge in [-0.05, 0) is 80.5 Å². The zero-order valence-corrected chi connectivity index (χ0v) is 26.9. The Bertz CT molecular complexity index is 1490.